The first-order valence-corrected chi connectivity index (χ1v) is 9.31. The first-order chi connectivity index (χ1) is 10.3. The molecule has 0 rings (SSSR count). The number of carbonyl (C=O) groups excluding carboxylic acids is 1. The molecular formula is C19H37O2. The van der Waals surface area contributed by atoms with Gasteiger partial charge in [0.1, 0.15) is 0 Å². The van der Waals surface area contributed by atoms with Gasteiger partial charge in [-0.05, 0) is 12.8 Å². The summed E-state index contributed by atoms with van der Waals surface area (Å²) in [6.07, 6.45) is 19.5. The molecule has 0 aliphatic carbocycles. The summed E-state index contributed by atoms with van der Waals surface area (Å²) in [4.78, 5) is 11.2. The number of rotatable bonds is 16. The van der Waals surface area contributed by atoms with E-state index in [-0.39, 0.29) is 5.97 Å². The highest BCUT2D eigenvalue weighted by Crippen LogP contribution is 2.11. The Balaban J connectivity index is 3.04. The molecule has 0 aromatic carbocycles. The van der Waals surface area contributed by atoms with Gasteiger partial charge < -0.3 is 4.74 Å². The lowest BCUT2D eigenvalue weighted by Gasteiger charge is -2.04. The predicted octanol–water partition coefficient (Wildman–Crippen LogP) is 6.24. The molecule has 0 heterocycles. The van der Waals surface area contributed by atoms with Crippen LogP contribution in [0.2, 0.25) is 0 Å². The van der Waals surface area contributed by atoms with Crippen molar-refractivity contribution in [3.05, 3.63) is 6.42 Å². The second-order valence-electron chi connectivity index (χ2n) is 6.05. The van der Waals surface area contributed by atoms with Crippen LogP contribution in [0.15, 0.2) is 0 Å². The number of hydrogen-bond acceptors (Lipinski definition) is 2. The zero-order chi connectivity index (χ0) is 15.6. The summed E-state index contributed by atoms with van der Waals surface area (Å²) in [5.74, 6) is -0.139. The highest BCUT2D eigenvalue weighted by atomic mass is 16.5. The Morgan fingerprint density at radius 3 is 1.67 bits per heavy atom. The molecule has 0 aromatic rings. The highest BCUT2D eigenvalue weighted by molar-refractivity contribution is 5.78. The molecule has 0 fully saturated rings. The van der Waals surface area contributed by atoms with E-state index >= 15 is 0 Å². The fourth-order valence-electron chi connectivity index (χ4n) is 2.44. The maximum absolute atomic E-state index is 11.2. The summed E-state index contributed by atoms with van der Waals surface area (Å²) in [6.45, 7) is 4.93. The normalized spacial score (nSPS) is 10.8. The number of ether oxygens (including phenoxy) is 1. The van der Waals surface area contributed by atoms with Crippen molar-refractivity contribution < 1.29 is 9.53 Å². The Bertz CT molecular complexity index is 214. The van der Waals surface area contributed by atoms with Gasteiger partial charge in [-0.15, -0.1) is 0 Å². The van der Waals surface area contributed by atoms with E-state index in [4.69, 9.17) is 4.74 Å². The van der Waals surface area contributed by atoms with E-state index in [1.165, 1.54) is 70.6 Å². The number of carbonyl (C=O) groups is 1. The van der Waals surface area contributed by atoms with Crippen LogP contribution in [0, 0.1) is 6.42 Å². The summed E-state index contributed by atoms with van der Waals surface area (Å²) in [5.41, 5.74) is 0. The molecule has 0 aliphatic rings. The van der Waals surface area contributed by atoms with Crippen molar-refractivity contribution >= 4 is 5.97 Å². The van der Waals surface area contributed by atoms with Crippen LogP contribution < -0.4 is 0 Å². The topological polar surface area (TPSA) is 26.3 Å². The molecule has 0 N–H and O–H groups in total. The maximum atomic E-state index is 11.2. The average molecular weight is 298 g/mol. The predicted molar refractivity (Wildman–Crippen MR) is 91.2 cm³/mol. The van der Waals surface area contributed by atoms with Crippen molar-refractivity contribution in [2.45, 2.75) is 104 Å². The Kier molecular flexibility index (Phi) is 17.1. The third kappa shape index (κ3) is 17.4. The van der Waals surface area contributed by atoms with E-state index in [2.05, 4.69) is 13.8 Å². The Morgan fingerprint density at radius 1 is 0.714 bits per heavy atom. The highest BCUT2D eigenvalue weighted by Gasteiger charge is 2.01. The zero-order valence-electron chi connectivity index (χ0n) is 14.5. The first-order valence-electron chi connectivity index (χ1n) is 9.31. The van der Waals surface area contributed by atoms with E-state index in [1.807, 2.05) is 0 Å². The minimum atomic E-state index is -0.139. The molecule has 0 spiro atoms. The molecule has 0 bridgehead atoms. The van der Waals surface area contributed by atoms with Crippen LogP contribution in [0.1, 0.15) is 104 Å². The molecule has 0 amide bonds. The van der Waals surface area contributed by atoms with Crippen molar-refractivity contribution in [3.8, 4) is 0 Å². The molecule has 0 unspecified atom stereocenters. The molecule has 1 radical (unpaired) electrons. The van der Waals surface area contributed by atoms with Crippen LogP contribution in [0.4, 0.5) is 0 Å². The van der Waals surface area contributed by atoms with Gasteiger partial charge in [0, 0.05) is 0 Å². The third-order valence-electron chi connectivity index (χ3n) is 3.84. The van der Waals surface area contributed by atoms with Gasteiger partial charge in [0.25, 0.3) is 0 Å². The molecule has 21 heavy (non-hydrogen) atoms. The van der Waals surface area contributed by atoms with Gasteiger partial charge in [0.15, 0.2) is 0 Å². The smallest absolute Gasteiger partial charge is 0.309 e. The standard InChI is InChI=1S/C19H37O2/c1-3-5-7-8-9-10-11-12-13-14-15-16-18-21-19(20)17-6-4-2/h17H,3-16,18H2,1-2H3. The van der Waals surface area contributed by atoms with E-state index in [0.29, 0.717) is 6.61 Å². The molecule has 2 nitrogen and oxygen atoms in total. The SMILES string of the molecule is CCC[CH]C(=O)OCCCCCCCCCCCCCC. The van der Waals surface area contributed by atoms with Crippen molar-refractivity contribution in [2.75, 3.05) is 6.61 Å². The van der Waals surface area contributed by atoms with Crippen LogP contribution in [-0.2, 0) is 9.53 Å². The fourth-order valence-corrected chi connectivity index (χ4v) is 2.44. The minimum Gasteiger partial charge on any atom is -0.465 e. The molecule has 0 atom stereocenters. The van der Waals surface area contributed by atoms with Gasteiger partial charge in [-0.1, -0.05) is 90.9 Å². The summed E-state index contributed by atoms with van der Waals surface area (Å²) in [5, 5.41) is 0. The van der Waals surface area contributed by atoms with E-state index in [9.17, 15) is 4.79 Å². The van der Waals surface area contributed by atoms with Crippen LogP contribution in [0.25, 0.3) is 0 Å². The Labute approximate surface area is 133 Å². The second-order valence-corrected chi connectivity index (χ2v) is 6.05. The Hall–Kier alpha value is -0.530. The monoisotopic (exact) mass is 297 g/mol. The van der Waals surface area contributed by atoms with Crippen molar-refractivity contribution in [2.24, 2.45) is 0 Å². The lowest BCUT2D eigenvalue weighted by Crippen LogP contribution is -2.06. The van der Waals surface area contributed by atoms with Gasteiger partial charge in [-0.2, -0.15) is 0 Å². The molecule has 2 heteroatoms. The zero-order valence-corrected chi connectivity index (χ0v) is 14.5. The second kappa shape index (κ2) is 17.5. The minimum absolute atomic E-state index is 0.139. The molecule has 0 aliphatic heterocycles. The summed E-state index contributed by atoms with van der Waals surface area (Å²) in [6, 6.07) is 0. The van der Waals surface area contributed by atoms with Gasteiger partial charge >= 0.3 is 5.97 Å². The van der Waals surface area contributed by atoms with Crippen molar-refractivity contribution in [1.82, 2.24) is 0 Å². The largest absolute Gasteiger partial charge is 0.465 e. The molecule has 125 valence electrons. The van der Waals surface area contributed by atoms with E-state index < -0.39 is 0 Å². The average Bonchev–Trinajstić information content (AvgIpc) is 2.49. The summed E-state index contributed by atoms with van der Waals surface area (Å²) < 4.78 is 5.14. The van der Waals surface area contributed by atoms with Crippen LogP contribution >= 0.6 is 0 Å². The van der Waals surface area contributed by atoms with Gasteiger partial charge in [0.05, 0.1) is 13.0 Å². The van der Waals surface area contributed by atoms with Gasteiger partial charge in [-0.25, -0.2) is 0 Å². The maximum Gasteiger partial charge on any atom is 0.309 e. The number of esters is 1. The molecule has 0 aromatic heterocycles. The van der Waals surface area contributed by atoms with Crippen molar-refractivity contribution in [3.63, 3.8) is 0 Å². The quantitative estimate of drug-likeness (QED) is 0.249. The third-order valence-corrected chi connectivity index (χ3v) is 3.84. The summed E-state index contributed by atoms with van der Waals surface area (Å²) in [7, 11) is 0. The van der Waals surface area contributed by atoms with Gasteiger partial charge in [-0.3, -0.25) is 4.79 Å². The fraction of sp³-hybridized carbons (Fsp3) is 0.895. The van der Waals surface area contributed by atoms with E-state index in [1.54, 1.807) is 6.42 Å². The van der Waals surface area contributed by atoms with Crippen LogP contribution in [0.3, 0.4) is 0 Å². The van der Waals surface area contributed by atoms with Crippen molar-refractivity contribution in [1.29, 1.82) is 0 Å². The van der Waals surface area contributed by atoms with Crippen LogP contribution in [0.5, 0.6) is 0 Å². The molecular weight excluding hydrogens is 260 g/mol. The molecule has 0 saturated carbocycles. The summed E-state index contributed by atoms with van der Waals surface area (Å²) >= 11 is 0. The first kappa shape index (κ1) is 20.5. The Morgan fingerprint density at radius 2 is 1.19 bits per heavy atom. The van der Waals surface area contributed by atoms with Crippen LogP contribution in [-0.4, -0.2) is 12.6 Å². The number of unbranched alkanes of at least 4 members (excludes halogenated alkanes) is 12. The lowest BCUT2D eigenvalue weighted by atomic mass is 10.1. The molecule has 0 saturated heterocycles. The lowest BCUT2D eigenvalue weighted by molar-refractivity contribution is -0.139. The van der Waals surface area contributed by atoms with E-state index in [0.717, 1.165) is 19.3 Å². The van der Waals surface area contributed by atoms with Gasteiger partial charge in [0.2, 0.25) is 0 Å². The number of hydrogen-bond donors (Lipinski definition) is 0.